The van der Waals surface area contributed by atoms with Crippen LogP contribution in [-0.4, -0.2) is 76.1 Å². The number of carboxylic acid groups (broad SMARTS) is 1. The van der Waals surface area contributed by atoms with Crippen molar-refractivity contribution < 1.29 is 29.4 Å². The molecule has 4 atom stereocenters. The van der Waals surface area contributed by atoms with Crippen molar-refractivity contribution in [3.8, 4) is 0 Å². The first-order valence-electron chi connectivity index (χ1n) is 12.4. The molecule has 0 unspecified atom stereocenters. The maximum Gasteiger partial charge on any atom is 0.326 e. The lowest BCUT2D eigenvalue weighted by molar-refractivity contribution is -0.150. The first-order valence-corrected chi connectivity index (χ1v) is 12.4. The number of nitrogens with one attached hydrogen (secondary N) is 2. The summed E-state index contributed by atoms with van der Waals surface area (Å²) in [6.07, 6.45) is 1.46. The topological polar surface area (TPSA) is 162 Å². The van der Waals surface area contributed by atoms with Crippen molar-refractivity contribution in [1.29, 1.82) is 0 Å². The van der Waals surface area contributed by atoms with Gasteiger partial charge in [-0.25, -0.2) is 4.79 Å². The maximum absolute atomic E-state index is 13.2. The molecule has 10 nitrogen and oxygen atoms in total. The van der Waals surface area contributed by atoms with Crippen LogP contribution >= 0.6 is 0 Å². The number of hydrogen-bond donors (Lipinski definition) is 5. The Kier molecular flexibility index (Phi) is 10.2. The van der Waals surface area contributed by atoms with Crippen LogP contribution in [0.3, 0.4) is 0 Å². The van der Waals surface area contributed by atoms with E-state index in [0.717, 1.165) is 16.0 Å². The molecule has 1 aliphatic heterocycles. The minimum Gasteiger partial charge on any atom is -0.480 e. The van der Waals surface area contributed by atoms with E-state index in [9.17, 15) is 29.4 Å². The molecule has 0 radical (unpaired) electrons. The molecule has 0 aromatic heterocycles. The van der Waals surface area contributed by atoms with Gasteiger partial charge in [0.2, 0.25) is 17.7 Å². The van der Waals surface area contributed by atoms with Gasteiger partial charge in [0.05, 0.1) is 6.61 Å². The summed E-state index contributed by atoms with van der Waals surface area (Å²) in [6.45, 7) is -0.479. The molecule has 1 fully saturated rings. The molecule has 2 aromatic rings. The Hall–Kier alpha value is -3.76. The van der Waals surface area contributed by atoms with Crippen LogP contribution < -0.4 is 16.4 Å². The van der Waals surface area contributed by atoms with Gasteiger partial charge in [-0.2, -0.15) is 0 Å². The van der Waals surface area contributed by atoms with E-state index >= 15 is 0 Å². The highest BCUT2D eigenvalue weighted by Crippen LogP contribution is 2.18. The van der Waals surface area contributed by atoms with Crippen LogP contribution in [0.15, 0.2) is 60.7 Å². The fraction of sp³-hybridized carbons (Fsp3) is 0.407. The monoisotopic (exact) mass is 510 g/mol. The lowest BCUT2D eigenvalue weighted by atomic mass is 10.0. The lowest BCUT2D eigenvalue weighted by Gasteiger charge is -2.28. The zero-order valence-corrected chi connectivity index (χ0v) is 20.6. The maximum atomic E-state index is 13.2. The molecule has 3 rings (SSSR count). The predicted molar refractivity (Wildman–Crippen MR) is 136 cm³/mol. The van der Waals surface area contributed by atoms with Crippen molar-refractivity contribution in [2.75, 3.05) is 13.2 Å². The van der Waals surface area contributed by atoms with Gasteiger partial charge in [0.25, 0.3) is 0 Å². The molecule has 1 saturated heterocycles. The molecule has 0 saturated carbocycles. The van der Waals surface area contributed by atoms with Gasteiger partial charge < -0.3 is 31.5 Å². The van der Waals surface area contributed by atoms with Gasteiger partial charge in [-0.05, 0) is 30.4 Å². The summed E-state index contributed by atoms with van der Waals surface area (Å²) in [5.74, 6) is -2.88. The van der Waals surface area contributed by atoms with Crippen molar-refractivity contribution in [2.45, 2.75) is 56.3 Å². The van der Waals surface area contributed by atoms with Gasteiger partial charge >= 0.3 is 5.97 Å². The molecule has 0 bridgehead atoms. The third-order valence-electron chi connectivity index (χ3n) is 6.34. The van der Waals surface area contributed by atoms with Crippen molar-refractivity contribution in [2.24, 2.45) is 5.73 Å². The number of carbonyl (C=O) groups is 4. The Morgan fingerprint density at radius 2 is 1.51 bits per heavy atom. The second-order valence-electron chi connectivity index (χ2n) is 9.24. The van der Waals surface area contributed by atoms with E-state index in [0.29, 0.717) is 19.3 Å². The quantitative estimate of drug-likeness (QED) is 0.273. The van der Waals surface area contributed by atoms with Gasteiger partial charge in [0.15, 0.2) is 0 Å². The largest absolute Gasteiger partial charge is 0.480 e. The smallest absolute Gasteiger partial charge is 0.326 e. The number of likely N-dealkylation sites (tertiary alicyclic amines) is 1. The number of aliphatic hydroxyl groups excluding tert-OH is 1. The Morgan fingerprint density at radius 3 is 2.08 bits per heavy atom. The summed E-state index contributed by atoms with van der Waals surface area (Å²) in [5.41, 5.74) is 7.95. The predicted octanol–water partition coefficient (Wildman–Crippen LogP) is 0.227. The number of amides is 3. The number of rotatable bonds is 12. The van der Waals surface area contributed by atoms with Crippen molar-refractivity contribution >= 4 is 23.7 Å². The highest BCUT2D eigenvalue weighted by Gasteiger charge is 2.38. The van der Waals surface area contributed by atoms with Gasteiger partial charge in [-0.1, -0.05) is 60.7 Å². The van der Waals surface area contributed by atoms with Crippen molar-refractivity contribution in [3.63, 3.8) is 0 Å². The molecule has 1 heterocycles. The summed E-state index contributed by atoms with van der Waals surface area (Å²) < 4.78 is 0. The van der Waals surface area contributed by atoms with Crippen LogP contribution in [0.25, 0.3) is 0 Å². The van der Waals surface area contributed by atoms with Crippen LogP contribution in [0.2, 0.25) is 0 Å². The Morgan fingerprint density at radius 1 is 0.919 bits per heavy atom. The summed E-state index contributed by atoms with van der Waals surface area (Å²) >= 11 is 0. The second kappa shape index (κ2) is 13.5. The number of nitrogens with two attached hydrogens (primary N) is 1. The summed E-state index contributed by atoms with van der Waals surface area (Å²) in [6, 6.07) is 14.8. The average Bonchev–Trinajstić information content (AvgIpc) is 3.38. The molecular formula is C27H34N4O6. The molecule has 3 amide bonds. The lowest BCUT2D eigenvalue weighted by Crippen LogP contribution is -2.57. The van der Waals surface area contributed by atoms with Gasteiger partial charge in [-0.15, -0.1) is 0 Å². The molecule has 6 N–H and O–H groups in total. The standard InChI is InChI=1S/C27H34N4O6/c28-20(14-18-8-3-1-4-9-18)16-24(33)29-21(15-19-10-5-2-6-11-19)25(34)30-22(17-32)26(35)31-13-7-12-23(31)27(36)37/h1-6,8-11,20-23,32H,7,12-17,28H2,(H,29,33)(H,30,34)(H,36,37)/t20-,21-,22-,23-/m0/s1. The molecule has 10 heteroatoms. The number of carboxylic acids is 1. The van der Waals surface area contributed by atoms with E-state index in [1.165, 1.54) is 0 Å². The average molecular weight is 511 g/mol. The molecule has 0 spiro atoms. The fourth-order valence-corrected chi connectivity index (χ4v) is 4.48. The summed E-state index contributed by atoms with van der Waals surface area (Å²) in [4.78, 5) is 51.6. The third-order valence-corrected chi connectivity index (χ3v) is 6.34. The van der Waals surface area contributed by atoms with Gasteiger partial charge in [0, 0.05) is 25.4 Å². The number of carbonyl (C=O) groups excluding carboxylic acids is 3. The zero-order chi connectivity index (χ0) is 26.8. The van der Waals surface area contributed by atoms with Crippen LogP contribution in [0.1, 0.15) is 30.4 Å². The summed E-state index contributed by atoms with van der Waals surface area (Å²) in [7, 11) is 0. The van der Waals surface area contributed by atoms with E-state index in [2.05, 4.69) is 10.6 Å². The van der Waals surface area contributed by atoms with Crippen LogP contribution in [0, 0.1) is 0 Å². The number of benzene rings is 2. The van der Waals surface area contributed by atoms with Crippen LogP contribution in [-0.2, 0) is 32.0 Å². The zero-order valence-electron chi connectivity index (χ0n) is 20.6. The Bertz CT molecular complexity index is 1070. The van der Waals surface area contributed by atoms with E-state index in [1.807, 2.05) is 48.5 Å². The minimum absolute atomic E-state index is 0.0100. The Labute approximate surface area is 215 Å². The fourth-order valence-electron chi connectivity index (χ4n) is 4.48. The Balaban J connectivity index is 1.67. The normalized spacial score (nSPS) is 17.5. The number of aliphatic carboxylic acids is 1. The summed E-state index contributed by atoms with van der Waals surface area (Å²) in [5, 5.41) is 24.4. The first-order chi connectivity index (χ1) is 17.8. The molecule has 1 aliphatic rings. The van der Waals surface area contributed by atoms with Gasteiger partial charge in [-0.3, -0.25) is 14.4 Å². The SMILES string of the molecule is N[C@H](CC(=O)N[C@@H](Cc1ccccc1)C(=O)N[C@@H](CO)C(=O)N1CCC[C@H]1C(=O)O)Cc1ccccc1. The molecule has 2 aromatic carbocycles. The molecule has 37 heavy (non-hydrogen) atoms. The highest BCUT2D eigenvalue weighted by molar-refractivity contribution is 5.94. The van der Waals surface area contributed by atoms with Gasteiger partial charge in [0.1, 0.15) is 18.1 Å². The van der Waals surface area contributed by atoms with E-state index in [-0.39, 0.29) is 19.4 Å². The van der Waals surface area contributed by atoms with Crippen molar-refractivity contribution in [1.82, 2.24) is 15.5 Å². The number of nitrogens with zero attached hydrogens (tertiary/aromatic N) is 1. The molecule has 198 valence electrons. The number of aliphatic hydroxyl groups is 1. The van der Waals surface area contributed by atoms with E-state index in [1.54, 1.807) is 12.1 Å². The molecule has 0 aliphatic carbocycles. The van der Waals surface area contributed by atoms with E-state index in [4.69, 9.17) is 5.73 Å². The van der Waals surface area contributed by atoms with Crippen molar-refractivity contribution in [3.05, 3.63) is 71.8 Å². The first kappa shape index (κ1) is 27.8. The molecular weight excluding hydrogens is 476 g/mol. The van der Waals surface area contributed by atoms with Crippen LogP contribution in [0.4, 0.5) is 0 Å². The third kappa shape index (κ3) is 8.12. The number of hydrogen-bond acceptors (Lipinski definition) is 6. The second-order valence-corrected chi connectivity index (χ2v) is 9.24. The minimum atomic E-state index is -1.33. The van der Waals surface area contributed by atoms with Crippen LogP contribution in [0.5, 0.6) is 0 Å². The van der Waals surface area contributed by atoms with E-state index < -0.39 is 54.5 Å². The highest BCUT2D eigenvalue weighted by atomic mass is 16.4.